The van der Waals surface area contributed by atoms with Gasteiger partial charge in [0, 0.05) is 78.2 Å². The summed E-state index contributed by atoms with van der Waals surface area (Å²) in [5, 5.41) is 16.1. The van der Waals surface area contributed by atoms with Gasteiger partial charge in [-0.25, -0.2) is 4.79 Å². The molecule has 19 heteroatoms. The average Bonchev–Trinajstić information content (AvgIpc) is 4.02. The number of carboxylic acid groups (broad SMARTS) is 1. The fourth-order valence-corrected chi connectivity index (χ4v) is 11.0. The topological polar surface area (TPSA) is 239 Å². The molecule has 0 saturated carbocycles. The van der Waals surface area contributed by atoms with E-state index in [9.17, 15) is 48.3 Å². The molecule has 2 aromatic carbocycles. The molecular weight excluding hydrogens is 1010 g/mol. The zero-order chi connectivity index (χ0) is 58.7. The molecule has 2 aromatic rings. The van der Waals surface area contributed by atoms with Crippen molar-refractivity contribution in [3.63, 3.8) is 0 Å². The Labute approximate surface area is 468 Å². The molecule has 19 nitrogen and oxygen atoms in total. The number of aliphatic carboxylic acids is 1. The number of nitrogens with one attached hydrogen (secondary N) is 2. The number of hydrogen-bond donors (Lipinski definition) is 3. The van der Waals surface area contributed by atoms with Crippen molar-refractivity contribution in [2.24, 2.45) is 35.5 Å². The molecule has 3 N–H and O–H groups in total. The van der Waals surface area contributed by atoms with Gasteiger partial charge in [-0.05, 0) is 73.1 Å². The second kappa shape index (κ2) is 31.5. The number of unbranched alkanes of at least 4 members (excludes halogenated alkanes) is 2. The number of benzene rings is 2. The monoisotopic (exact) mass is 1100 g/mol. The molecule has 2 heterocycles. The van der Waals surface area contributed by atoms with Gasteiger partial charge in [-0.1, -0.05) is 111 Å². The largest absolute Gasteiger partial charge is 0.481 e. The second-order valence-electron chi connectivity index (χ2n) is 22.5. The molecule has 10 atom stereocenters. The van der Waals surface area contributed by atoms with Gasteiger partial charge < -0.3 is 39.8 Å². The lowest BCUT2D eigenvalue weighted by atomic mass is 9.85. The van der Waals surface area contributed by atoms with E-state index < -0.39 is 72.1 Å². The summed E-state index contributed by atoms with van der Waals surface area (Å²) in [6.45, 7) is 15.5. The number of methoxy groups -OCH3 is 2. The minimum atomic E-state index is -1.06. The van der Waals surface area contributed by atoms with Gasteiger partial charge in [0.05, 0.1) is 43.2 Å². The Morgan fingerprint density at radius 3 is 2.06 bits per heavy atom. The molecule has 0 bridgehead atoms. The van der Waals surface area contributed by atoms with Crippen LogP contribution in [0.4, 0.5) is 10.5 Å². The second-order valence-corrected chi connectivity index (χ2v) is 22.5. The number of carbonyl (C=O) groups is 9. The van der Waals surface area contributed by atoms with E-state index in [1.165, 1.54) is 31.1 Å². The summed E-state index contributed by atoms with van der Waals surface area (Å²) in [7, 11) is 6.12. The molecule has 2 saturated heterocycles. The lowest BCUT2D eigenvalue weighted by molar-refractivity contribution is -0.148. The van der Waals surface area contributed by atoms with Gasteiger partial charge in [-0.15, -0.1) is 0 Å². The first-order valence-corrected chi connectivity index (χ1v) is 28.3. The summed E-state index contributed by atoms with van der Waals surface area (Å²) in [5.74, 6) is -5.52. The van der Waals surface area contributed by atoms with Crippen LogP contribution in [0.5, 0.6) is 0 Å². The minimum Gasteiger partial charge on any atom is -0.481 e. The Hall–Kier alpha value is -6.21. The Morgan fingerprint density at radius 1 is 0.823 bits per heavy atom. The highest BCUT2D eigenvalue weighted by molar-refractivity contribution is 6.03. The first kappa shape index (κ1) is 65.3. The molecule has 0 aliphatic carbocycles. The van der Waals surface area contributed by atoms with Crippen LogP contribution in [0.25, 0.3) is 0 Å². The molecule has 4 rings (SSSR count). The molecule has 2 aliphatic rings. The van der Waals surface area contributed by atoms with Crippen LogP contribution in [0.3, 0.4) is 0 Å². The maximum absolute atomic E-state index is 14.7. The van der Waals surface area contributed by atoms with Gasteiger partial charge in [0.15, 0.2) is 5.78 Å². The highest BCUT2D eigenvalue weighted by atomic mass is 16.6. The third-order valence-electron chi connectivity index (χ3n) is 15.9. The number of nitrogens with zero attached hydrogens (tertiary/aromatic N) is 4. The van der Waals surface area contributed by atoms with Crippen LogP contribution in [-0.4, -0.2) is 162 Å². The molecule has 79 heavy (non-hydrogen) atoms. The number of ketones is 2. The summed E-state index contributed by atoms with van der Waals surface area (Å²) in [6.07, 6.45) is 2.30. The number of likely N-dealkylation sites (tertiary alicyclic amines) is 2. The summed E-state index contributed by atoms with van der Waals surface area (Å²) >= 11 is 0. The van der Waals surface area contributed by atoms with Crippen molar-refractivity contribution in [1.29, 1.82) is 0 Å². The zero-order valence-corrected chi connectivity index (χ0v) is 48.9. The Kier molecular flexibility index (Phi) is 26.1. The Balaban J connectivity index is 1.33. The van der Waals surface area contributed by atoms with Crippen molar-refractivity contribution in [3.8, 4) is 0 Å². The number of ether oxygens (including phenoxy) is 3. The SMILES string of the molecule is CC[C@H](C)[C@@H]([C@@H](CC(=O)N1CCC[C@H]1[C@H](OC)[C@@H](C)C(=O)CC(Cc1ccccc1)C(=O)O)OC)N(C)C(=O)[C@@H](NC(=O)[C@H](C(C)C)N(C)C(=O)OCc1ccc(NCC(=O)CCCCCN2C(=O)CC(C)C2=O)cc1)C(C)C. The summed E-state index contributed by atoms with van der Waals surface area (Å²) in [6, 6.07) is 13.2. The lowest BCUT2D eigenvalue weighted by Gasteiger charge is -2.41. The number of amides is 6. The van der Waals surface area contributed by atoms with Gasteiger partial charge in [-0.3, -0.25) is 48.2 Å². The van der Waals surface area contributed by atoms with E-state index in [-0.39, 0.29) is 91.8 Å². The van der Waals surface area contributed by atoms with Gasteiger partial charge >= 0.3 is 12.1 Å². The first-order valence-electron chi connectivity index (χ1n) is 28.3. The highest BCUT2D eigenvalue weighted by Crippen LogP contribution is 2.31. The van der Waals surface area contributed by atoms with Crippen LogP contribution < -0.4 is 10.6 Å². The van der Waals surface area contributed by atoms with E-state index in [0.717, 1.165) is 12.0 Å². The van der Waals surface area contributed by atoms with Crippen LogP contribution in [0.15, 0.2) is 54.6 Å². The normalized spacial score (nSPS) is 18.6. The Morgan fingerprint density at radius 2 is 1.49 bits per heavy atom. The molecular formula is C60H90N6O13. The standard InChI is InChI=1S/C60H90N6O13/c1-13-39(6)54(49(77-11)34-51(70)65-30-20-24-47(65)55(78-12)41(8)48(68)33-44(59(74)75)32-42-21-16-14-17-22-42)63(9)58(73)52(37(2)3)62-56(71)53(38(4)5)64(10)60(76)79-36-43-25-27-45(28-26-43)61-35-46(67)23-18-15-19-29-66-50(69)31-40(7)57(66)72/h14,16-17,21-22,25-28,37-41,44,47,49,52-55,61H,13,15,18-20,23-24,29-36H2,1-12H3,(H,62,71)(H,74,75)/t39-,40?,41-,44?,47-,49+,52-,53-,54-,55+/m0/s1. The van der Waals surface area contributed by atoms with Gasteiger partial charge in [0.2, 0.25) is 29.5 Å². The fraction of sp³-hybridized carbons (Fsp3) is 0.650. The van der Waals surface area contributed by atoms with Gasteiger partial charge in [-0.2, -0.15) is 0 Å². The van der Waals surface area contributed by atoms with Crippen molar-refractivity contribution < 1.29 is 62.5 Å². The van der Waals surface area contributed by atoms with Crippen molar-refractivity contribution in [1.82, 2.24) is 24.9 Å². The van der Waals surface area contributed by atoms with E-state index in [2.05, 4.69) is 10.6 Å². The Bertz CT molecular complexity index is 2360. The van der Waals surface area contributed by atoms with Crippen LogP contribution in [0, 0.1) is 35.5 Å². The van der Waals surface area contributed by atoms with E-state index in [0.29, 0.717) is 62.9 Å². The quantitative estimate of drug-likeness (QED) is 0.0474. The predicted octanol–water partition coefficient (Wildman–Crippen LogP) is 7.18. The number of carboxylic acids is 1. The first-order chi connectivity index (χ1) is 37.4. The van der Waals surface area contributed by atoms with E-state index in [1.54, 1.807) is 68.8 Å². The number of likely N-dealkylation sites (N-methyl/N-ethyl adjacent to an activating group) is 2. The summed E-state index contributed by atoms with van der Waals surface area (Å²) < 4.78 is 17.7. The summed E-state index contributed by atoms with van der Waals surface area (Å²) in [4.78, 5) is 125. The number of Topliss-reactive ketones (excluding diaryl/α,β-unsaturated/α-hetero) is 2. The molecule has 2 fully saturated rings. The van der Waals surface area contributed by atoms with Crippen molar-refractivity contribution >= 4 is 58.9 Å². The van der Waals surface area contributed by atoms with Crippen molar-refractivity contribution in [2.75, 3.05) is 53.3 Å². The molecule has 2 unspecified atom stereocenters. The predicted molar refractivity (Wildman–Crippen MR) is 299 cm³/mol. The third kappa shape index (κ3) is 18.4. The summed E-state index contributed by atoms with van der Waals surface area (Å²) in [5.41, 5.74) is 2.20. The lowest BCUT2D eigenvalue weighted by Crippen LogP contribution is -2.60. The molecule has 0 aromatic heterocycles. The van der Waals surface area contributed by atoms with Gasteiger partial charge in [0.1, 0.15) is 24.5 Å². The fourth-order valence-electron chi connectivity index (χ4n) is 11.0. The van der Waals surface area contributed by atoms with Crippen molar-refractivity contribution in [3.05, 3.63) is 65.7 Å². The number of anilines is 1. The van der Waals surface area contributed by atoms with Crippen LogP contribution >= 0.6 is 0 Å². The van der Waals surface area contributed by atoms with Crippen molar-refractivity contribution in [2.45, 2.75) is 169 Å². The number of rotatable bonds is 33. The van der Waals surface area contributed by atoms with Crippen LogP contribution in [-0.2, 0) is 65.6 Å². The number of carbonyl (C=O) groups excluding carboxylic acids is 8. The maximum atomic E-state index is 14.7. The average molecular weight is 1100 g/mol. The molecule has 2 aliphatic heterocycles. The van der Waals surface area contributed by atoms with E-state index >= 15 is 0 Å². The van der Waals surface area contributed by atoms with Crippen LogP contribution in [0.1, 0.15) is 131 Å². The number of imide groups is 1. The maximum Gasteiger partial charge on any atom is 0.410 e. The zero-order valence-electron chi connectivity index (χ0n) is 48.9. The van der Waals surface area contributed by atoms with E-state index in [1.807, 2.05) is 58.0 Å². The third-order valence-corrected chi connectivity index (χ3v) is 15.9. The minimum absolute atomic E-state index is 0.0285. The highest BCUT2D eigenvalue weighted by Gasteiger charge is 2.44. The number of hydrogen-bond acceptors (Lipinski definition) is 13. The van der Waals surface area contributed by atoms with E-state index in [4.69, 9.17) is 14.2 Å². The molecule has 6 amide bonds. The van der Waals surface area contributed by atoms with Crippen LogP contribution in [0.2, 0.25) is 0 Å². The van der Waals surface area contributed by atoms with Gasteiger partial charge in [0.25, 0.3) is 0 Å². The molecule has 0 radical (unpaired) electrons. The smallest absolute Gasteiger partial charge is 0.410 e. The molecule has 438 valence electrons. The molecule has 0 spiro atoms.